The monoisotopic (exact) mass is 415 g/mol. The minimum atomic E-state index is -0.518. The summed E-state index contributed by atoms with van der Waals surface area (Å²) in [5.41, 5.74) is 2.51. The molecule has 28 heavy (non-hydrogen) atoms. The number of imidazole rings is 1. The van der Waals surface area contributed by atoms with Crippen LogP contribution in [0.4, 0.5) is 0 Å². The summed E-state index contributed by atoms with van der Waals surface area (Å²) in [7, 11) is 0. The molecule has 3 aromatic rings. The van der Waals surface area contributed by atoms with Crippen molar-refractivity contribution >= 4 is 51.9 Å². The topological polar surface area (TPSA) is 88.0 Å². The number of aromatic amines is 1. The number of fused-ring (bicyclic) bond motifs is 1. The Morgan fingerprint density at radius 3 is 2.64 bits per heavy atom. The summed E-state index contributed by atoms with van der Waals surface area (Å²) in [4.78, 5) is 19.0. The Morgan fingerprint density at radius 1 is 1.29 bits per heavy atom. The van der Waals surface area contributed by atoms with E-state index in [1.54, 1.807) is 25.1 Å². The van der Waals surface area contributed by atoms with E-state index in [0.29, 0.717) is 17.0 Å². The molecule has 1 heterocycles. The van der Waals surface area contributed by atoms with Crippen molar-refractivity contribution in [3.63, 3.8) is 0 Å². The minimum absolute atomic E-state index is 0.177. The summed E-state index contributed by atoms with van der Waals surface area (Å²) in [5, 5.41) is 9.96. The van der Waals surface area contributed by atoms with Gasteiger partial charge in [0.05, 0.1) is 33.3 Å². The number of H-pyrrole nitrogens is 1. The first kappa shape index (κ1) is 19.7. The van der Waals surface area contributed by atoms with Crippen LogP contribution in [-0.2, 0) is 9.53 Å². The number of nitriles is 1. The van der Waals surface area contributed by atoms with Gasteiger partial charge in [-0.2, -0.15) is 5.26 Å². The SMILES string of the molecule is CCOC(=O)COc1c(Cl)cc(/C=C(\C#N)c2nc3ccccc3[nH]2)cc1Cl. The van der Waals surface area contributed by atoms with Gasteiger partial charge < -0.3 is 14.5 Å². The van der Waals surface area contributed by atoms with Crippen LogP contribution < -0.4 is 4.74 Å². The van der Waals surface area contributed by atoms with Gasteiger partial charge in [0.1, 0.15) is 11.9 Å². The molecule has 0 atom stereocenters. The van der Waals surface area contributed by atoms with Gasteiger partial charge in [-0.05, 0) is 42.8 Å². The van der Waals surface area contributed by atoms with Gasteiger partial charge in [-0.15, -0.1) is 0 Å². The molecule has 0 aliphatic heterocycles. The molecule has 2 aromatic carbocycles. The molecule has 1 N–H and O–H groups in total. The van der Waals surface area contributed by atoms with E-state index in [4.69, 9.17) is 32.7 Å². The lowest BCUT2D eigenvalue weighted by Crippen LogP contribution is -2.14. The Kier molecular flexibility index (Phi) is 6.19. The number of esters is 1. The van der Waals surface area contributed by atoms with Crippen molar-refractivity contribution in [2.75, 3.05) is 13.2 Å². The van der Waals surface area contributed by atoms with E-state index in [1.807, 2.05) is 24.3 Å². The van der Waals surface area contributed by atoms with Crippen molar-refractivity contribution in [2.45, 2.75) is 6.92 Å². The number of nitrogens with zero attached hydrogens (tertiary/aromatic N) is 2. The smallest absolute Gasteiger partial charge is 0.344 e. The maximum atomic E-state index is 11.4. The Morgan fingerprint density at radius 2 is 2.00 bits per heavy atom. The van der Waals surface area contributed by atoms with Crippen LogP contribution in [0.5, 0.6) is 5.75 Å². The molecule has 0 aliphatic rings. The molecule has 8 heteroatoms. The highest BCUT2D eigenvalue weighted by atomic mass is 35.5. The van der Waals surface area contributed by atoms with Crippen LogP contribution in [0.2, 0.25) is 10.0 Å². The number of nitrogens with one attached hydrogen (secondary N) is 1. The maximum absolute atomic E-state index is 11.4. The predicted molar refractivity (Wildman–Crippen MR) is 108 cm³/mol. The summed E-state index contributed by atoms with van der Waals surface area (Å²) in [6.07, 6.45) is 1.62. The highest BCUT2D eigenvalue weighted by molar-refractivity contribution is 6.37. The van der Waals surface area contributed by atoms with Crippen molar-refractivity contribution in [2.24, 2.45) is 0 Å². The highest BCUT2D eigenvalue weighted by Crippen LogP contribution is 2.35. The van der Waals surface area contributed by atoms with E-state index in [9.17, 15) is 10.1 Å². The van der Waals surface area contributed by atoms with Gasteiger partial charge in [-0.3, -0.25) is 0 Å². The normalized spacial score (nSPS) is 11.3. The Hall–Kier alpha value is -3.01. The number of carbonyl (C=O) groups is 1. The third kappa shape index (κ3) is 4.45. The molecule has 0 saturated heterocycles. The number of hydrogen-bond acceptors (Lipinski definition) is 5. The fourth-order valence-electron chi connectivity index (χ4n) is 2.54. The van der Waals surface area contributed by atoms with E-state index in [-0.39, 0.29) is 29.0 Å². The summed E-state index contributed by atoms with van der Waals surface area (Å²) < 4.78 is 10.2. The lowest BCUT2D eigenvalue weighted by Gasteiger charge is -2.10. The molecular formula is C20H15Cl2N3O3. The summed E-state index contributed by atoms with van der Waals surface area (Å²) in [5.74, 6) is 0.102. The number of rotatable bonds is 6. The first-order valence-corrected chi connectivity index (χ1v) is 9.11. The van der Waals surface area contributed by atoms with Crippen LogP contribution in [0.3, 0.4) is 0 Å². The summed E-state index contributed by atoms with van der Waals surface area (Å²) in [6, 6.07) is 12.8. The van der Waals surface area contributed by atoms with Crippen LogP contribution in [0.15, 0.2) is 36.4 Å². The Labute approximate surface area is 171 Å². The molecule has 0 saturated carbocycles. The molecule has 0 bridgehead atoms. The van der Waals surface area contributed by atoms with E-state index >= 15 is 0 Å². The number of aromatic nitrogens is 2. The van der Waals surface area contributed by atoms with Crippen molar-refractivity contribution in [1.29, 1.82) is 5.26 Å². The molecule has 0 fully saturated rings. The zero-order valence-corrected chi connectivity index (χ0v) is 16.3. The number of para-hydroxylation sites is 2. The van der Waals surface area contributed by atoms with Crippen LogP contribution in [0.25, 0.3) is 22.7 Å². The molecular weight excluding hydrogens is 401 g/mol. The summed E-state index contributed by atoms with van der Waals surface area (Å²) in [6.45, 7) is 1.66. The van der Waals surface area contributed by atoms with Gasteiger partial charge >= 0.3 is 5.97 Å². The average Bonchev–Trinajstić information content (AvgIpc) is 3.09. The first-order valence-electron chi connectivity index (χ1n) is 8.36. The van der Waals surface area contributed by atoms with Crippen LogP contribution >= 0.6 is 23.2 Å². The van der Waals surface area contributed by atoms with Gasteiger partial charge in [0, 0.05) is 0 Å². The molecule has 6 nitrogen and oxygen atoms in total. The number of ether oxygens (including phenoxy) is 2. The average molecular weight is 416 g/mol. The van der Waals surface area contributed by atoms with Crippen molar-refractivity contribution in [1.82, 2.24) is 9.97 Å². The fraction of sp³-hybridized carbons (Fsp3) is 0.150. The second kappa shape index (κ2) is 8.79. The molecule has 0 radical (unpaired) electrons. The van der Waals surface area contributed by atoms with Crippen LogP contribution in [-0.4, -0.2) is 29.2 Å². The van der Waals surface area contributed by atoms with Crippen LogP contribution in [0, 0.1) is 11.3 Å². The molecule has 1 aromatic heterocycles. The molecule has 0 spiro atoms. The second-order valence-electron chi connectivity index (χ2n) is 5.68. The molecule has 0 aliphatic carbocycles. The molecule has 0 unspecified atom stereocenters. The minimum Gasteiger partial charge on any atom is -0.479 e. The van der Waals surface area contributed by atoms with E-state index in [0.717, 1.165) is 11.0 Å². The van der Waals surface area contributed by atoms with Gasteiger partial charge in [0.25, 0.3) is 0 Å². The van der Waals surface area contributed by atoms with E-state index < -0.39 is 5.97 Å². The third-order valence-electron chi connectivity index (χ3n) is 3.74. The molecule has 0 amide bonds. The quantitative estimate of drug-likeness (QED) is 0.457. The van der Waals surface area contributed by atoms with Gasteiger partial charge in [0.15, 0.2) is 12.4 Å². The van der Waals surface area contributed by atoms with Crippen molar-refractivity contribution in [3.05, 3.63) is 57.8 Å². The van der Waals surface area contributed by atoms with Gasteiger partial charge in [-0.25, -0.2) is 9.78 Å². The lowest BCUT2D eigenvalue weighted by atomic mass is 10.1. The number of allylic oxidation sites excluding steroid dienone is 1. The first-order chi connectivity index (χ1) is 13.5. The molecule has 142 valence electrons. The van der Waals surface area contributed by atoms with E-state index in [1.165, 1.54) is 0 Å². The number of carbonyl (C=O) groups excluding carboxylic acids is 1. The van der Waals surface area contributed by atoms with Gasteiger partial charge in [-0.1, -0.05) is 35.3 Å². The number of hydrogen-bond donors (Lipinski definition) is 1. The Balaban J connectivity index is 1.88. The van der Waals surface area contributed by atoms with Crippen LogP contribution in [0.1, 0.15) is 18.3 Å². The lowest BCUT2D eigenvalue weighted by molar-refractivity contribution is -0.145. The largest absolute Gasteiger partial charge is 0.479 e. The number of halogens is 2. The zero-order chi connectivity index (χ0) is 20.1. The molecule has 3 rings (SSSR count). The third-order valence-corrected chi connectivity index (χ3v) is 4.30. The zero-order valence-electron chi connectivity index (χ0n) is 14.8. The number of benzene rings is 2. The summed E-state index contributed by atoms with van der Waals surface area (Å²) >= 11 is 12.5. The van der Waals surface area contributed by atoms with Gasteiger partial charge in [0.2, 0.25) is 0 Å². The highest BCUT2D eigenvalue weighted by Gasteiger charge is 2.13. The Bertz CT molecular complexity index is 1040. The standard InChI is InChI=1S/C20H15Cl2N3O3/c1-2-27-18(26)11-28-19-14(21)8-12(9-15(19)22)7-13(10-23)20-24-16-5-3-4-6-17(16)25-20/h3-9H,2,11H2,1H3,(H,24,25)/b13-7+. The predicted octanol–water partition coefficient (Wildman–Crippen LogP) is 4.88. The maximum Gasteiger partial charge on any atom is 0.344 e. The van der Waals surface area contributed by atoms with Crippen molar-refractivity contribution < 1.29 is 14.3 Å². The fourth-order valence-corrected chi connectivity index (χ4v) is 3.15. The second-order valence-corrected chi connectivity index (χ2v) is 6.49. The van der Waals surface area contributed by atoms with E-state index in [2.05, 4.69) is 16.0 Å². The van der Waals surface area contributed by atoms with Crippen molar-refractivity contribution in [3.8, 4) is 11.8 Å².